The molecule has 0 amide bonds. The van der Waals surface area contributed by atoms with Crippen LogP contribution in [0.1, 0.15) is 17.5 Å². The molecule has 0 spiro atoms. The summed E-state index contributed by atoms with van der Waals surface area (Å²) in [6.45, 7) is 5.38. The van der Waals surface area contributed by atoms with Gasteiger partial charge in [-0.05, 0) is 19.5 Å². The van der Waals surface area contributed by atoms with Gasteiger partial charge in [-0.25, -0.2) is 13.4 Å². The van der Waals surface area contributed by atoms with Gasteiger partial charge in [-0.3, -0.25) is 4.72 Å². The lowest BCUT2D eigenvalue weighted by Gasteiger charge is -2.02. The molecule has 2 aromatic heterocycles. The number of nitrogens with zero attached hydrogens (tertiary/aromatic N) is 1. The molecule has 0 aliphatic rings. The van der Waals surface area contributed by atoms with Crippen molar-refractivity contribution in [2.24, 2.45) is 0 Å². The van der Waals surface area contributed by atoms with E-state index < -0.39 is 10.0 Å². The van der Waals surface area contributed by atoms with Crippen LogP contribution in [-0.4, -0.2) is 19.9 Å². The number of nitrogens with one attached hydrogen (secondary N) is 2. The van der Waals surface area contributed by atoms with Crippen LogP contribution in [0.25, 0.3) is 0 Å². The van der Waals surface area contributed by atoms with Crippen molar-refractivity contribution in [3.63, 3.8) is 0 Å². The second kappa shape index (κ2) is 6.00. The summed E-state index contributed by atoms with van der Waals surface area (Å²) in [5.41, 5.74) is 0.806. The van der Waals surface area contributed by atoms with Crippen molar-refractivity contribution in [2.45, 2.75) is 25.3 Å². The Morgan fingerprint density at radius 1 is 1.32 bits per heavy atom. The van der Waals surface area contributed by atoms with Crippen LogP contribution in [0.15, 0.2) is 21.7 Å². The molecule has 8 heteroatoms. The molecule has 0 atom stereocenters. The number of aromatic nitrogens is 1. The topological polar surface area (TPSA) is 71.1 Å². The van der Waals surface area contributed by atoms with Gasteiger partial charge < -0.3 is 5.32 Å². The zero-order valence-electron chi connectivity index (χ0n) is 10.6. The van der Waals surface area contributed by atoms with Gasteiger partial charge in [-0.15, -0.1) is 22.7 Å². The van der Waals surface area contributed by atoms with E-state index in [1.807, 2.05) is 19.2 Å². The van der Waals surface area contributed by atoms with Gasteiger partial charge in [-0.2, -0.15) is 0 Å². The minimum Gasteiger partial charge on any atom is -0.312 e. The lowest BCUT2D eigenvalue weighted by molar-refractivity contribution is 0.601. The molecule has 2 aromatic rings. The van der Waals surface area contributed by atoms with Gasteiger partial charge in [0.2, 0.25) is 0 Å². The van der Waals surface area contributed by atoms with Gasteiger partial charge >= 0.3 is 0 Å². The van der Waals surface area contributed by atoms with Crippen molar-refractivity contribution < 1.29 is 8.42 Å². The third-order valence-corrected chi connectivity index (χ3v) is 5.74. The van der Waals surface area contributed by atoms with E-state index in [1.165, 1.54) is 22.7 Å². The molecule has 0 fully saturated rings. The summed E-state index contributed by atoms with van der Waals surface area (Å²) in [5.74, 6) is 0. The first-order valence-electron chi connectivity index (χ1n) is 5.74. The lowest BCUT2D eigenvalue weighted by atomic mass is 10.4. The number of sulfonamides is 1. The standard InChI is InChI=1S/C11H15N3O2S3/c1-3-12-5-9-4-10(7-17-9)19(15,16)14-11-13-8(2)6-18-11/h4,6-7,12H,3,5H2,1-2H3,(H,13,14). The van der Waals surface area contributed by atoms with Crippen molar-refractivity contribution in [1.29, 1.82) is 0 Å². The Morgan fingerprint density at radius 3 is 2.74 bits per heavy atom. The third-order valence-electron chi connectivity index (χ3n) is 2.33. The highest BCUT2D eigenvalue weighted by Crippen LogP contribution is 2.23. The zero-order chi connectivity index (χ0) is 13.9. The van der Waals surface area contributed by atoms with Crippen LogP contribution in [0.4, 0.5) is 5.13 Å². The maximum atomic E-state index is 12.1. The maximum absolute atomic E-state index is 12.1. The number of hydrogen-bond acceptors (Lipinski definition) is 6. The zero-order valence-corrected chi connectivity index (χ0v) is 13.1. The Hall–Kier alpha value is -0.960. The summed E-state index contributed by atoms with van der Waals surface area (Å²) in [4.78, 5) is 5.38. The average Bonchev–Trinajstić information content (AvgIpc) is 2.95. The number of thiazole rings is 1. The molecule has 2 heterocycles. The molecule has 0 saturated carbocycles. The van der Waals surface area contributed by atoms with Crippen molar-refractivity contribution >= 4 is 37.8 Å². The second-order valence-electron chi connectivity index (χ2n) is 3.93. The molecule has 0 unspecified atom stereocenters. The normalized spacial score (nSPS) is 11.7. The molecule has 2 N–H and O–H groups in total. The minimum atomic E-state index is -3.52. The van der Waals surface area contributed by atoms with Crippen LogP contribution < -0.4 is 10.0 Å². The predicted octanol–water partition coefficient (Wildman–Crippen LogP) is 2.42. The molecule has 0 radical (unpaired) electrons. The van der Waals surface area contributed by atoms with Crippen LogP contribution >= 0.6 is 22.7 Å². The molecule has 0 aliphatic carbocycles. The summed E-state index contributed by atoms with van der Waals surface area (Å²) in [7, 11) is -3.52. The monoisotopic (exact) mass is 317 g/mol. The molecule has 0 saturated heterocycles. The quantitative estimate of drug-likeness (QED) is 0.858. The Kier molecular flexibility index (Phi) is 4.56. The summed E-state index contributed by atoms with van der Waals surface area (Å²) < 4.78 is 26.8. The van der Waals surface area contributed by atoms with E-state index in [9.17, 15) is 8.42 Å². The predicted molar refractivity (Wildman–Crippen MR) is 79.4 cm³/mol. The first-order chi connectivity index (χ1) is 9.01. The van der Waals surface area contributed by atoms with E-state index in [4.69, 9.17) is 0 Å². The Bertz CT molecular complexity index is 646. The number of thiophene rings is 1. The van der Waals surface area contributed by atoms with Crippen molar-refractivity contribution in [1.82, 2.24) is 10.3 Å². The first kappa shape index (κ1) is 14.4. The molecular formula is C11H15N3O2S3. The van der Waals surface area contributed by atoms with Gasteiger partial charge in [0.05, 0.1) is 10.6 Å². The smallest absolute Gasteiger partial charge is 0.264 e. The second-order valence-corrected chi connectivity index (χ2v) is 7.46. The van der Waals surface area contributed by atoms with E-state index in [0.29, 0.717) is 16.6 Å². The summed E-state index contributed by atoms with van der Waals surface area (Å²) >= 11 is 2.71. The molecule has 2 rings (SSSR count). The van der Waals surface area contributed by atoms with E-state index in [0.717, 1.165) is 17.1 Å². The highest BCUT2D eigenvalue weighted by Gasteiger charge is 2.17. The van der Waals surface area contributed by atoms with E-state index in [2.05, 4.69) is 15.0 Å². The SMILES string of the molecule is CCNCc1cc(S(=O)(=O)Nc2nc(C)cs2)cs1. The number of aryl methyl sites for hydroxylation is 1. The highest BCUT2D eigenvalue weighted by molar-refractivity contribution is 7.93. The molecular weight excluding hydrogens is 302 g/mol. The molecule has 0 aliphatic heterocycles. The summed E-state index contributed by atoms with van der Waals surface area (Å²) in [6, 6.07) is 1.69. The largest absolute Gasteiger partial charge is 0.312 e. The third kappa shape index (κ3) is 3.75. The van der Waals surface area contributed by atoms with E-state index in [1.54, 1.807) is 11.4 Å². The van der Waals surface area contributed by atoms with Crippen LogP contribution in [0, 0.1) is 6.92 Å². The number of anilines is 1. The summed E-state index contributed by atoms with van der Waals surface area (Å²) in [5, 5.41) is 7.02. The number of hydrogen-bond donors (Lipinski definition) is 2. The Balaban J connectivity index is 2.13. The van der Waals surface area contributed by atoms with Crippen LogP contribution in [0.2, 0.25) is 0 Å². The molecule has 5 nitrogen and oxygen atoms in total. The number of rotatable bonds is 6. The summed E-state index contributed by atoms with van der Waals surface area (Å²) in [6.07, 6.45) is 0. The highest BCUT2D eigenvalue weighted by atomic mass is 32.2. The van der Waals surface area contributed by atoms with Gasteiger partial charge in [0.1, 0.15) is 0 Å². The van der Waals surface area contributed by atoms with Crippen LogP contribution in [-0.2, 0) is 16.6 Å². The molecule has 0 aromatic carbocycles. The van der Waals surface area contributed by atoms with Gasteiger partial charge in [0, 0.05) is 22.2 Å². The van der Waals surface area contributed by atoms with E-state index >= 15 is 0 Å². The van der Waals surface area contributed by atoms with Crippen LogP contribution in [0.3, 0.4) is 0 Å². The van der Waals surface area contributed by atoms with E-state index in [-0.39, 0.29) is 0 Å². The fourth-order valence-electron chi connectivity index (χ4n) is 1.42. The van der Waals surface area contributed by atoms with Crippen LogP contribution in [0.5, 0.6) is 0 Å². The fraction of sp³-hybridized carbons (Fsp3) is 0.364. The molecule has 19 heavy (non-hydrogen) atoms. The minimum absolute atomic E-state index is 0.290. The molecule has 0 bridgehead atoms. The van der Waals surface area contributed by atoms with Crippen molar-refractivity contribution in [2.75, 3.05) is 11.3 Å². The Morgan fingerprint density at radius 2 is 2.11 bits per heavy atom. The maximum Gasteiger partial charge on any atom is 0.264 e. The fourth-order valence-corrected chi connectivity index (χ4v) is 4.60. The Labute approximate surface area is 120 Å². The van der Waals surface area contributed by atoms with Crippen molar-refractivity contribution in [3.8, 4) is 0 Å². The molecule has 104 valence electrons. The van der Waals surface area contributed by atoms with Gasteiger partial charge in [0.15, 0.2) is 5.13 Å². The average molecular weight is 317 g/mol. The first-order valence-corrected chi connectivity index (χ1v) is 8.98. The van der Waals surface area contributed by atoms with Gasteiger partial charge in [0.25, 0.3) is 10.0 Å². The lowest BCUT2D eigenvalue weighted by Crippen LogP contribution is -2.12. The van der Waals surface area contributed by atoms with Gasteiger partial charge in [-0.1, -0.05) is 6.92 Å². The van der Waals surface area contributed by atoms with Crippen molar-refractivity contribution in [3.05, 3.63) is 27.4 Å².